The zero-order valence-corrected chi connectivity index (χ0v) is 12.6. The zero-order valence-electron chi connectivity index (χ0n) is 11.0. The van der Waals surface area contributed by atoms with Crippen LogP contribution in [0.4, 0.5) is 8.78 Å². The molecule has 0 N–H and O–H groups in total. The van der Waals surface area contributed by atoms with E-state index in [4.69, 9.17) is 10.7 Å². The molecule has 114 valence electrons. The van der Waals surface area contributed by atoms with Gasteiger partial charge in [-0.15, -0.1) is 10.2 Å². The molecule has 0 atom stereocenters. The number of alkyl halides is 2. The summed E-state index contributed by atoms with van der Waals surface area (Å²) in [6, 6.07) is 0. The number of hydrogen-bond donors (Lipinski definition) is 0. The highest BCUT2D eigenvalue weighted by molar-refractivity contribution is 8.13. The first-order valence-corrected chi connectivity index (χ1v) is 8.81. The Morgan fingerprint density at radius 3 is 2.45 bits per heavy atom. The van der Waals surface area contributed by atoms with Crippen molar-refractivity contribution in [1.82, 2.24) is 14.8 Å². The van der Waals surface area contributed by atoms with Gasteiger partial charge in [-0.05, 0) is 19.3 Å². The van der Waals surface area contributed by atoms with E-state index in [-0.39, 0.29) is 36.8 Å². The fourth-order valence-electron chi connectivity index (χ4n) is 2.51. The summed E-state index contributed by atoms with van der Waals surface area (Å²) in [5, 5.41) is 7.20. The summed E-state index contributed by atoms with van der Waals surface area (Å²) < 4.78 is 50.7. The van der Waals surface area contributed by atoms with Gasteiger partial charge < -0.3 is 4.57 Å². The fourth-order valence-corrected chi connectivity index (χ4v) is 3.44. The van der Waals surface area contributed by atoms with Gasteiger partial charge in [0.2, 0.25) is 5.92 Å². The van der Waals surface area contributed by atoms with Gasteiger partial charge in [0.1, 0.15) is 5.82 Å². The molecular weight excluding hydrogens is 312 g/mol. The van der Waals surface area contributed by atoms with Gasteiger partial charge in [0.05, 0.1) is 0 Å². The normalized spacial score (nSPS) is 20.2. The lowest BCUT2D eigenvalue weighted by atomic mass is 9.86. The molecule has 1 saturated carbocycles. The van der Waals surface area contributed by atoms with Gasteiger partial charge in [-0.2, -0.15) is 0 Å². The second kappa shape index (κ2) is 5.55. The van der Waals surface area contributed by atoms with E-state index in [9.17, 15) is 17.2 Å². The highest BCUT2D eigenvalue weighted by Crippen LogP contribution is 2.40. The van der Waals surface area contributed by atoms with Crippen LogP contribution in [0.1, 0.15) is 50.8 Å². The Morgan fingerprint density at radius 2 is 1.95 bits per heavy atom. The summed E-state index contributed by atoms with van der Waals surface area (Å²) in [5.41, 5.74) is 0. The molecule has 1 aromatic heterocycles. The van der Waals surface area contributed by atoms with Gasteiger partial charge in [-0.1, -0.05) is 6.92 Å². The van der Waals surface area contributed by atoms with Crippen molar-refractivity contribution in [3.8, 4) is 0 Å². The van der Waals surface area contributed by atoms with Crippen LogP contribution in [0.2, 0.25) is 0 Å². The molecule has 0 aromatic carbocycles. The predicted octanol–water partition coefficient (Wildman–Crippen LogP) is 2.91. The largest absolute Gasteiger partial charge is 0.301 e. The average molecular weight is 328 g/mol. The standard InChI is InChI=1S/C11H16ClF2N3O2S/c1-2-7-17-9(15-16-10(17)20(12,18)19)8-3-5-11(13,14)6-4-8/h8H,2-7H2,1H3. The molecule has 5 nitrogen and oxygen atoms in total. The lowest BCUT2D eigenvalue weighted by Crippen LogP contribution is -2.25. The van der Waals surface area contributed by atoms with Gasteiger partial charge in [-0.3, -0.25) is 0 Å². The van der Waals surface area contributed by atoms with E-state index in [1.807, 2.05) is 6.92 Å². The molecule has 1 aliphatic rings. The maximum absolute atomic E-state index is 13.2. The van der Waals surface area contributed by atoms with Crippen LogP contribution in [-0.2, 0) is 15.6 Å². The highest BCUT2D eigenvalue weighted by atomic mass is 35.7. The van der Waals surface area contributed by atoms with Crippen LogP contribution < -0.4 is 0 Å². The van der Waals surface area contributed by atoms with Gasteiger partial charge in [-0.25, -0.2) is 17.2 Å². The lowest BCUT2D eigenvalue weighted by molar-refractivity contribution is -0.0390. The predicted molar refractivity (Wildman–Crippen MR) is 69.5 cm³/mol. The third kappa shape index (κ3) is 3.28. The molecule has 0 unspecified atom stereocenters. The molecule has 1 aliphatic carbocycles. The molecule has 1 fully saturated rings. The summed E-state index contributed by atoms with van der Waals surface area (Å²) in [6.07, 6.45) is 0.806. The maximum atomic E-state index is 13.2. The van der Waals surface area contributed by atoms with E-state index in [0.717, 1.165) is 0 Å². The van der Waals surface area contributed by atoms with Crippen LogP contribution in [0.15, 0.2) is 5.16 Å². The molecule has 0 saturated heterocycles. The Labute approximate surface area is 120 Å². The monoisotopic (exact) mass is 327 g/mol. The van der Waals surface area contributed by atoms with Crippen LogP contribution in [-0.4, -0.2) is 29.1 Å². The topological polar surface area (TPSA) is 64.8 Å². The average Bonchev–Trinajstić information content (AvgIpc) is 2.73. The van der Waals surface area contributed by atoms with Gasteiger partial charge >= 0.3 is 0 Å². The molecule has 0 aliphatic heterocycles. The first-order chi connectivity index (χ1) is 9.24. The zero-order chi connectivity index (χ0) is 15.0. The first kappa shape index (κ1) is 15.6. The molecule has 2 rings (SSSR count). The Balaban J connectivity index is 2.31. The van der Waals surface area contributed by atoms with Crippen molar-refractivity contribution in [3.05, 3.63) is 5.82 Å². The van der Waals surface area contributed by atoms with Gasteiger partial charge in [0.25, 0.3) is 14.2 Å². The molecule has 0 radical (unpaired) electrons. The Kier molecular flexibility index (Phi) is 4.34. The summed E-state index contributed by atoms with van der Waals surface area (Å²) in [5.74, 6) is -2.38. The molecule has 0 spiro atoms. The SMILES string of the molecule is CCCn1c(C2CCC(F)(F)CC2)nnc1S(=O)(=O)Cl. The third-order valence-electron chi connectivity index (χ3n) is 3.49. The van der Waals surface area contributed by atoms with Crippen molar-refractivity contribution in [2.24, 2.45) is 0 Å². The van der Waals surface area contributed by atoms with Crippen LogP contribution in [0.5, 0.6) is 0 Å². The van der Waals surface area contributed by atoms with Crippen molar-refractivity contribution in [2.45, 2.75) is 62.6 Å². The van der Waals surface area contributed by atoms with Crippen LogP contribution in [0.25, 0.3) is 0 Å². The smallest absolute Gasteiger partial charge is 0.296 e. The Hall–Kier alpha value is -0.760. The molecule has 0 amide bonds. The van der Waals surface area contributed by atoms with E-state index in [1.54, 1.807) is 0 Å². The van der Waals surface area contributed by atoms with Crippen LogP contribution in [0.3, 0.4) is 0 Å². The van der Waals surface area contributed by atoms with Crippen molar-refractivity contribution in [1.29, 1.82) is 0 Å². The number of hydrogen-bond acceptors (Lipinski definition) is 4. The number of halogens is 3. The van der Waals surface area contributed by atoms with Gasteiger partial charge in [0.15, 0.2) is 0 Å². The maximum Gasteiger partial charge on any atom is 0.296 e. The van der Waals surface area contributed by atoms with E-state index >= 15 is 0 Å². The quantitative estimate of drug-likeness (QED) is 0.798. The first-order valence-electron chi connectivity index (χ1n) is 6.50. The van der Waals surface area contributed by atoms with Crippen LogP contribution >= 0.6 is 10.7 Å². The minimum Gasteiger partial charge on any atom is -0.301 e. The minimum absolute atomic E-state index is 0.194. The van der Waals surface area contributed by atoms with Crippen molar-refractivity contribution in [2.75, 3.05) is 0 Å². The second-order valence-electron chi connectivity index (χ2n) is 5.06. The highest BCUT2D eigenvalue weighted by Gasteiger charge is 2.38. The van der Waals surface area contributed by atoms with Gasteiger partial charge in [0, 0.05) is 36.0 Å². The molecule has 20 heavy (non-hydrogen) atoms. The molecule has 1 heterocycles. The summed E-state index contributed by atoms with van der Waals surface area (Å²) >= 11 is 0. The van der Waals surface area contributed by atoms with Crippen molar-refractivity contribution < 1.29 is 17.2 Å². The summed E-state index contributed by atoms with van der Waals surface area (Å²) in [6.45, 7) is 2.28. The van der Waals surface area contributed by atoms with Crippen molar-refractivity contribution in [3.63, 3.8) is 0 Å². The second-order valence-corrected chi connectivity index (χ2v) is 7.52. The fraction of sp³-hybridized carbons (Fsp3) is 0.818. The van der Waals surface area contributed by atoms with Crippen molar-refractivity contribution >= 4 is 19.7 Å². The van der Waals surface area contributed by atoms with Crippen LogP contribution in [0, 0.1) is 0 Å². The minimum atomic E-state index is -3.98. The third-order valence-corrected chi connectivity index (χ3v) is 4.65. The number of rotatable bonds is 4. The van der Waals surface area contributed by atoms with E-state index < -0.39 is 15.0 Å². The van der Waals surface area contributed by atoms with E-state index in [2.05, 4.69) is 10.2 Å². The van der Waals surface area contributed by atoms with E-state index in [0.29, 0.717) is 18.8 Å². The Morgan fingerprint density at radius 1 is 1.35 bits per heavy atom. The molecule has 1 aromatic rings. The molecule has 9 heteroatoms. The molecule has 0 bridgehead atoms. The summed E-state index contributed by atoms with van der Waals surface area (Å²) in [4.78, 5) is 0. The number of nitrogens with zero attached hydrogens (tertiary/aromatic N) is 3. The Bertz CT molecular complexity index is 578. The molecular formula is C11H16ClF2N3O2S. The summed E-state index contributed by atoms with van der Waals surface area (Å²) in [7, 11) is 1.34. The van der Waals surface area contributed by atoms with E-state index in [1.165, 1.54) is 4.57 Å². The lowest BCUT2D eigenvalue weighted by Gasteiger charge is -2.27. The number of aromatic nitrogens is 3.